The van der Waals surface area contributed by atoms with E-state index in [4.69, 9.17) is 4.74 Å². The highest BCUT2D eigenvalue weighted by Crippen LogP contribution is 2.34. The van der Waals surface area contributed by atoms with E-state index in [1.807, 2.05) is 13.8 Å². The van der Waals surface area contributed by atoms with E-state index in [0.717, 1.165) is 0 Å². The highest BCUT2D eigenvalue weighted by Gasteiger charge is 2.42. The third kappa shape index (κ3) is 4.38. The van der Waals surface area contributed by atoms with E-state index in [9.17, 15) is 13.2 Å². The molecule has 2 unspecified atom stereocenters. The molecule has 0 aromatic rings. The van der Waals surface area contributed by atoms with E-state index in [1.165, 1.54) is 0 Å². The van der Waals surface area contributed by atoms with Crippen molar-refractivity contribution >= 4 is 0 Å². The Morgan fingerprint density at radius 2 is 2.07 bits per heavy atom. The summed E-state index contributed by atoms with van der Waals surface area (Å²) in [6, 6.07) is -0.159. The third-order valence-corrected chi connectivity index (χ3v) is 2.59. The zero-order valence-electron chi connectivity index (χ0n) is 9.10. The summed E-state index contributed by atoms with van der Waals surface area (Å²) in [5.41, 5.74) is 0. The average Bonchev–Trinajstić information content (AvgIpc) is 2.14. The number of rotatable bonds is 3. The number of piperidine rings is 1. The maximum atomic E-state index is 12.4. The van der Waals surface area contributed by atoms with Crippen molar-refractivity contribution in [2.75, 3.05) is 13.2 Å². The highest BCUT2D eigenvalue weighted by atomic mass is 19.4. The predicted octanol–water partition coefficient (Wildman–Crippen LogP) is 2.34. The molecule has 1 N–H and O–H groups in total. The SMILES string of the molecule is CC(C)OCC1CC(C(F)(F)F)CCN1. The van der Waals surface area contributed by atoms with Gasteiger partial charge < -0.3 is 10.1 Å². The van der Waals surface area contributed by atoms with E-state index in [1.54, 1.807) is 0 Å². The van der Waals surface area contributed by atoms with Gasteiger partial charge in [0.2, 0.25) is 0 Å². The first kappa shape index (κ1) is 12.8. The largest absolute Gasteiger partial charge is 0.391 e. The molecular weight excluding hydrogens is 207 g/mol. The molecule has 2 atom stereocenters. The lowest BCUT2D eigenvalue weighted by atomic mass is 9.92. The van der Waals surface area contributed by atoms with Gasteiger partial charge >= 0.3 is 6.18 Å². The fourth-order valence-corrected chi connectivity index (χ4v) is 1.74. The second-order valence-electron chi connectivity index (χ2n) is 4.30. The topological polar surface area (TPSA) is 21.3 Å². The molecule has 1 saturated heterocycles. The molecule has 0 saturated carbocycles. The Bertz CT molecular complexity index is 194. The standard InChI is InChI=1S/C10H18F3NO/c1-7(2)15-6-9-5-8(3-4-14-9)10(11,12)13/h7-9,14H,3-6H2,1-2H3. The minimum Gasteiger partial charge on any atom is -0.377 e. The summed E-state index contributed by atoms with van der Waals surface area (Å²) < 4.78 is 42.6. The molecule has 15 heavy (non-hydrogen) atoms. The average molecular weight is 225 g/mol. The van der Waals surface area contributed by atoms with Gasteiger partial charge in [0.05, 0.1) is 18.6 Å². The molecule has 0 radical (unpaired) electrons. The van der Waals surface area contributed by atoms with Gasteiger partial charge in [-0.25, -0.2) is 0 Å². The summed E-state index contributed by atoms with van der Waals surface area (Å²) in [7, 11) is 0. The van der Waals surface area contributed by atoms with Crippen LogP contribution >= 0.6 is 0 Å². The lowest BCUT2D eigenvalue weighted by Gasteiger charge is -2.31. The van der Waals surface area contributed by atoms with Crippen molar-refractivity contribution in [1.82, 2.24) is 5.32 Å². The van der Waals surface area contributed by atoms with Crippen LogP contribution in [0, 0.1) is 5.92 Å². The summed E-state index contributed by atoms with van der Waals surface area (Å²) in [4.78, 5) is 0. The summed E-state index contributed by atoms with van der Waals surface area (Å²) in [5.74, 6) is -1.17. The third-order valence-electron chi connectivity index (χ3n) is 2.59. The monoisotopic (exact) mass is 225 g/mol. The molecule has 1 fully saturated rings. The van der Waals surface area contributed by atoms with Crippen molar-refractivity contribution < 1.29 is 17.9 Å². The Morgan fingerprint density at radius 1 is 1.40 bits per heavy atom. The summed E-state index contributed by atoms with van der Waals surface area (Å²) in [6.45, 7) is 4.55. The van der Waals surface area contributed by atoms with Crippen LogP contribution in [0.5, 0.6) is 0 Å². The Morgan fingerprint density at radius 3 is 2.60 bits per heavy atom. The molecule has 0 spiro atoms. The molecule has 0 aliphatic carbocycles. The first-order chi connectivity index (χ1) is 6.89. The number of halogens is 3. The maximum Gasteiger partial charge on any atom is 0.391 e. The molecule has 5 heteroatoms. The van der Waals surface area contributed by atoms with Gasteiger partial charge in [0.25, 0.3) is 0 Å². The minimum absolute atomic E-state index is 0.0677. The lowest BCUT2D eigenvalue weighted by Crippen LogP contribution is -2.45. The van der Waals surface area contributed by atoms with Crippen LogP contribution < -0.4 is 5.32 Å². The van der Waals surface area contributed by atoms with Crippen LogP contribution in [0.3, 0.4) is 0 Å². The number of hydrogen-bond acceptors (Lipinski definition) is 2. The fourth-order valence-electron chi connectivity index (χ4n) is 1.74. The van der Waals surface area contributed by atoms with Crippen LogP contribution in [0.4, 0.5) is 13.2 Å². The highest BCUT2D eigenvalue weighted by molar-refractivity contribution is 4.82. The molecule has 0 amide bonds. The normalized spacial score (nSPS) is 28.4. The number of alkyl halides is 3. The van der Waals surface area contributed by atoms with E-state index in [-0.39, 0.29) is 25.0 Å². The molecule has 1 aliphatic rings. The Kier molecular flexibility index (Phi) is 4.40. The van der Waals surface area contributed by atoms with Crippen LogP contribution in [0.2, 0.25) is 0 Å². The predicted molar refractivity (Wildman–Crippen MR) is 51.7 cm³/mol. The molecule has 1 rings (SSSR count). The number of ether oxygens (including phenoxy) is 1. The second-order valence-corrected chi connectivity index (χ2v) is 4.30. The van der Waals surface area contributed by atoms with E-state index >= 15 is 0 Å². The number of hydrogen-bond donors (Lipinski definition) is 1. The van der Waals surface area contributed by atoms with Gasteiger partial charge in [-0.3, -0.25) is 0 Å². The second kappa shape index (κ2) is 5.16. The van der Waals surface area contributed by atoms with Crippen molar-refractivity contribution in [3.05, 3.63) is 0 Å². The zero-order valence-corrected chi connectivity index (χ0v) is 9.10. The van der Waals surface area contributed by atoms with Crippen LogP contribution in [0.15, 0.2) is 0 Å². The lowest BCUT2D eigenvalue weighted by molar-refractivity contribution is -0.184. The van der Waals surface area contributed by atoms with Gasteiger partial charge in [0.1, 0.15) is 0 Å². The van der Waals surface area contributed by atoms with Gasteiger partial charge in [-0.15, -0.1) is 0 Å². The van der Waals surface area contributed by atoms with Gasteiger partial charge in [0.15, 0.2) is 0 Å². The van der Waals surface area contributed by atoms with Crippen molar-refractivity contribution in [3.8, 4) is 0 Å². The van der Waals surface area contributed by atoms with Crippen LogP contribution in [-0.2, 0) is 4.74 Å². The molecule has 0 aromatic carbocycles. The Labute approximate surface area is 88.2 Å². The number of nitrogens with one attached hydrogen (secondary N) is 1. The maximum absolute atomic E-state index is 12.4. The summed E-state index contributed by atoms with van der Waals surface area (Å²) in [5, 5.41) is 3.05. The fraction of sp³-hybridized carbons (Fsp3) is 1.00. The van der Waals surface area contributed by atoms with E-state index in [0.29, 0.717) is 13.2 Å². The Hall–Kier alpha value is -0.290. The molecule has 0 bridgehead atoms. The molecule has 90 valence electrons. The minimum atomic E-state index is -4.06. The first-order valence-corrected chi connectivity index (χ1v) is 5.31. The molecule has 0 aromatic heterocycles. The van der Waals surface area contributed by atoms with Crippen LogP contribution in [0.25, 0.3) is 0 Å². The first-order valence-electron chi connectivity index (χ1n) is 5.31. The van der Waals surface area contributed by atoms with E-state index < -0.39 is 12.1 Å². The smallest absolute Gasteiger partial charge is 0.377 e. The van der Waals surface area contributed by atoms with Crippen molar-refractivity contribution in [2.24, 2.45) is 5.92 Å². The van der Waals surface area contributed by atoms with Crippen LogP contribution in [-0.4, -0.2) is 31.5 Å². The summed E-state index contributed by atoms with van der Waals surface area (Å²) >= 11 is 0. The molecule has 1 aliphatic heterocycles. The van der Waals surface area contributed by atoms with Crippen LogP contribution in [0.1, 0.15) is 26.7 Å². The molecular formula is C10H18F3NO. The Balaban J connectivity index is 2.36. The van der Waals surface area contributed by atoms with E-state index in [2.05, 4.69) is 5.32 Å². The quantitative estimate of drug-likeness (QED) is 0.796. The van der Waals surface area contributed by atoms with Crippen molar-refractivity contribution in [1.29, 1.82) is 0 Å². The van der Waals surface area contributed by atoms with Gasteiger partial charge in [-0.1, -0.05) is 0 Å². The van der Waals surface area contributed by atoms with Gasteiger partial charge in [-0.2, -0.15) is 13.2 Å². The molecule has 1 heterocycles. The van der Waals surface area contributed by atoms with Crippen molar-refractivity contribution in [3.63, 3.8) is 0 Å². The summed E-state index contributed by atoms with van der Waals surface area (Å²) in [6.07, 6.45) is -3.67. The van der Waals surface area contributed by atoms with Gasteiger partial charge in [0, 0.05) is 6.04 Å². The zero-order chi connectivity index (χ0) is 11.5. The van der Waals surface area contributed by atoms with Crippen molar-refractivity contribution in [2.45, 2.75) is 45.0 Å². The molecule has 2 nitrogen and oxygen atoms in total. The van der Waals surface area contributed by atoms with Gasteiger partial charge in [-0.05, 0) is 33.2 Å².